The molecular formula is C28H25N3O7. The van der Waals surface area contributed by atoms with Gasteiger partial charge in [0.2, 0.25) is 12.7 Å². The van der Waals surface area contributed by atoms with Crippen LogP contribution in [0.25, 0.3) is 0 Å². The Morgan fingerprint density at radius 1 is 0.974 bits per heavy atom. The van der Waals surface area contributed by atoms with E-state index in [9.17, 15) is 19.2 Å². The Kier molecular flexibility index (Phi) is 6.94. The zero-order valence-corrected chi connectivity index (χ0v) is 20.6. The first kappa shape index (κ1) is 24.8. The van der Waals surface area contributed by atoms with Crippen LogP contribution in [0.15, 0.2) is 72.8 Å². The molecule has 3 aromatic rings. The summed E-state index contributed by atoms with van der Waals surface area (Å²) >= 11 is 0. The summed E-state index contributed by atoms with van der Waals surface area (Å²) < 4.78 is 15.8. The number of urea groups is 1. The molecule has 0 aliphatic carbocycles. The number of nitrogens with one attached hydrogen (secondary N) is 1. The molecule has 38 heavy (non-hydrogen) atoms. The first-order valence-electron chi connectivity index (χ1n) is 12.1. The number of carbonyl (C=O) groups is 4. The Bertz CT molecular complexity index is 1370. The number of esters is 1. The molecule has 0 spiro atoms. The fourth-order valence-corrected chi connectivity index (χ4v) is 4.36. The van der Waals surface area contributed by atoms with Crippen LogP contribution in [0.4, 0.5) is 16.2 Å². The average molecular weight is 516 g/mol. The number of imide groups is 1. The minimum Gasteiger partial charge on any atom is -0.462 e. The fraction of sp³-hybridized carbons (Fsp3) is 0.214. The molecule has 4 amide bonds. The van der Waals surface area contributed by atoms with Gasteiger partial charge in [0.15, 0.2) is 11.5 Å². The molecule has 3 aromatic carbocycles. The SMILES string of the molecule is CCOC(=O)c1ccc(NC(=O)C[C@@H]2C(=O)N(c3ccccc3)C(=O)N2Cc2ccc3c(c2)OCO3)cc1. The van der Waals surface area contributed by atoms with Crippen molar-refractivity contribution in [2.24, 2.45) is 0 Å². The highest BCUT2D eigenvalue weighted by atomic mass is 16.7. The molecule has 1 N–H and O–H groups in total. The van der Waals surface area contributed by atoms with E-state index < -0.39 is 29.9 Å². The van der Waals surface area contributed by atoms with E-state index in [1.165, 1.54) is 4.90 Å². The number of ether oxygens (including phenoxy) is 3. The number of anilines is 2. The molecule has 2 aliphatic rings. The van der Waals surface area contributed by atoms with Crippen molar-refractivity contribution >= 4 is 35.2 Å². The van der Waals surface area contributed by atoms with Crippen LogP contribution in [-0.4, -0.2) is 48.2 Å². The molecule has 2 aliphatic heterocycles. The second kappa shape index (κ2) is 10.6. The summed E-state index contributed by atoms with van der Waals surface area (Å²) in [5.41, 5.74) is 1.96. The lowest BCUT2D eigenvalue weighted by molar-refractivity contribution is -0.124. The van der Waals surface area contributed by atoms with Gasteiger partial charge >= 0.3 is 12.0 Å². The van der Waals surface area contributed by atoms with E-state index in [1.54, 1.807) is 79.7 Å². The lowest BCUT2D eigenvalue weighted by Gasteiger charge is -2.22. The Balaban J connectivity index is 1.35. The molecule has 1 atom stereocenters. The van der Waals surface area contributed by atoms with E-state index in [4.69, 9.17) is 14.2 Å². The molecule has 1 fully saturated rings. The van der Waals surface area contributed by atoms with Gasteiger partial charge in [-0.3, -0.25) is 9.59 Å². The summed E-state index contributed by atoms with van der Waals surface area (Å²) in [5.74, 6) is -0.240. The van der Waals surface area contributed by atoms with Gasteiger partial charge in [-0.05, 0) is 61.0 Å². The number of rotatable bonds is 8. The predicted molar refractivity (Wildman–Crippen MR) is 137 cm³/mol. The summed E-state index contributed by atoms with van der Waals surface area (Å²) in [6.45, 7) is 2.19. The summed E-state index contributed by atoms with van der Waals surface area (Å²) in [4.78, 5) is 54.3. The second-order valence-electron chi connectivity index (χ2n) is 8.67. The van der Waals surface area contributed by atoms with Gasteiger partial charge in [0.25, 0.3) is 5.91 Å². The van der Waals surface area contributed by atoms with Gasteiger partial charge in [0.1, 0.15) is 6.04 Å². The number of para-hydroxylation sites is 1. The number of carbonyl (C=O) groups excluding carboxylic acids is 4. The highest BCUT2D eigenvalue weighted by molar-refractivity contribution is 6.22. The molecule has 2 heterocycles. The first-order valence-corrected chi connectivity index (χ1v) is 12.1. The van der Waals surface area contributed by atoms with Gasteiger partial charge in [0, 0.05) is 12.2 Å². The van der Waals surface area contributed by atoms with Crippen molar-refractivity contribution in [3.05, 3.63) is 83.9 Å². The summed E-state index contributed by atoms with van der Waals surface area (Å²) in [7, 11) is 0. The van der Waals surface area contributed by atoms with Gasteiger partial charge in [-0.15, -0.1) is 0 Å². The van der Waals surface area contributed by atoms with Crippen LogP contribution in [0.1, 0.15) is 29.3 Å². The Morgan fingerprint density at radius 2 is 1.71 bits per heavy atom. The number of fused-ring (bicyclic) bond motifs is 1. The highest BCUT2D eigenvalue weighted by Gasteiger charge is 2.46. The fourth-order valence-electron chi connectivity index (χ4n) is 4.36. The van der Waals surface area contributed by atoms with E-state index in [1.807, 2.05) is 0 Å². The summed E-state index contributed by atoms with van der Waals surface area (Å²) in [6.07, 6.45) is -0.252. The zero-order chi connectivity index (χ0) is 26.6. The molecule has 1 saturated heterocycles. The summed E-state index contributed by atoms with van der Waals surface area (Å²) in [6, 6.07) is 18.6. The van der Waals surface area contributed by atoms with Crippen molar-refractivity contribution in [3.63, 3.8) is 0 Å². The molecule has 5 rings (SSSR count). The van der Waals surface area contributed by atoms with Crippen LogP contribution in [0.5, 0.6) is 11.5 Å². The molecule has 10 nitrogen and oxygen atoms in total. The van der Waals surface area contributed by atoms with E-state index >= 15 is 0 Å². The molecule has 194 valence electrons. The number of benzene rings is 3. The van der Waals surface area contributed by atoms with Crippen molar-refractivity contribution in [1.29, 1.82) is 0 Å². The lowest BCUT2D eigenvalue weighted by Crippen LogP contribution is -2.37. The first-order chi connectivity index (χ1) is 18.4. The minimum absolute atomic E-state index is 0.0940. The van der Waals surface area contributed by atoms with Crippen molar-refractivity contribution < 1.29 is 33.4 Å². The predicted octanol–water partition coefficient (Wildman–Crippen LogP) is 3.96. The van der Waals surface area contributed by atoms with Crippen LogP contribution in [0.2, 0.25) is 0 Å². The van der Waals surface area contributed by atoms with Gasteiger partial charge in [-0.25, -0.2) is 14.5 Å². The number of hydrogen-bond donors (Lipinski definition) is 1. The standard InChI is InChI=1S/C28H25N3O7/c1-2-36-27(34)19-9-11-20(12-10-19)29-25(32)15-22-26(33)31(21-6-4-3-5-7-21)28(35)30(22)16-18-8-13-23-24(14-18)38-17-37-23/h3-14,22H,2,15-17H2,1H3,(H,29,32)/t22-/m1/s1. The number of nitrogens with zero attached hydrogens (tertiary/aromatic N) is 2. The molecule has 0 radical (unpaired) electrons. The van der Waals surface area contributed by atoms with Crippen LogP contribution >= 0.6 is 0 Å². The Hall–Kier alpha value is -4.86. The van der Waals surface area contributed by atoms with Crippen LogP contribution < -0.4 is 19.7 Å². The smallest absolute Gasteiger partial charge is 0.338 e. The normalized spacial score (nSPS) is 16.1. The second-order valence-corrected chi connectivity index (χ2v) is 8.67. The van der Waals surface area contributed by atoms with Crippen molar-refractivity contribution in [2.75, 3.05) is 23.6 Å². The van der Waals surface area contributed by atoms with Crippen LogP contribution in [-0.2, 0) is 20.9 Å². The van der Waals surface area contributed by atoms with Gasteiger partial charge in [-0.1, -0.05) is 24.3 Å². The van der Waals surface area contributed by atoms with E-state index in [-0.39, 0.29) is 26.4 Å². The van der Waals surface area contributed by atoms with Crippen molar-refractivity contribution in [1.82, 2.24) is 4.90 Å². The van der Waals surface area contributed by atoms with Gasteiger partial charge in [-0.2, -0.15) is 0 Å². The third-order valence-electron chi connectivity index (χ3n) is 6.18. The average Bonchev–Trinajstić information content (AvgIpc) is 3.47. The molecular weight excluding hydrogens is 490 g/mol. The highest BCUT2D eigenvalue weighted by Crippen LogP contribution is 2.34. The number of amides is 4. The molecule has 0 saturated carbocycles. The minimum atomic E-state index is -1.02. The quantitative estimate of drug-likeness (QED) is 0.357. The monoisotopic (exact) mass is 515 g/mol. The third kappa shape index (κ3) is 5.01. The zero-order valence-electron chi connectivity index (χ0n) is 20.6. The van der Waals surface area contributed by atoms with Crippen molar-refractivity contribution in [3.8, 4) is 11.5 Å². The molecule has 0 aromatic heterocycles. The molecule has 0 bridgehead atoms. The van der Waals surface area contributed by atoms with Crippen molar-refractivity contribution in [2.45, 2.75) is 25.9 Å². The molecule has 0 unspecified atom stereocenters. The van der Waals surface area contributed by atoms with Gasteiger partial charge in [0.05, 0.1) is 24.3 Å². The summed E-state index contributed by atoms with van der Waals surface area (Å²) in [5, 5.41) is 2.74. The van der Waals surface area contributed by atoms with Crippen LogP contribution in [0, 0.1) is 0 Å². The maximum absolute atomic E-state index is 13.5. The molecule has 10 heteroatoms. The third-order valence-corrected chi connectivity index (χ3v) is 6.18. The number of hydrogen-bond acceptors (Lipinski definition) is 7. The lowest BCUT2D eigenvalue weighted by atomic mass is 10.1. The van der Waals surface area contributed by atoms with Crippen LogP contribution in [0.3, 0.4) is 0 Å². The van der Waals surface area contributed by atoms with E-state index in [2.05, 4.69) is 5.32 Å². The van der Waals surface area contributed by atoms with E-state index in [0.717, 1.165) is 10.5 Å². The van der Waals surface area contributed by atoms with E-state index in [0.29, 0.717) is 28.4 Å². The maximum Gasteiger partial charge on any atom is 0.338 e. The topological polar surface area (TPSA) is 114 Å². The Labute approximate surface area is 218 Å². The maximum atomic E-state index is 13.5. The largest absolute Gasteiger partial charge is 0.462 e. The Morgan fingerprint density at radius 3 is 2.45 bits per heavy atom. The van der Waals surface area contributed by atoms with Gasteiger partial charge < -0.3 is 24.4 Å².